The largest absolute Gasteiger partial charge is 0.473 e. The van der Waals surface area contributed by atoms with Crippen LogP contribution in [-0.4, -0.2) is 23.5 Å². The van der Waals surface area contributed by atoms with Crippen molar-refractivity contribution < 1.29 is 9.53 Å². The first-order valence-corrected chi connectivity index (χ1v) is 6.34. The zero-order valence-corrected chi connectivity index (χ0v) is 10.3. The fourth-order valence-corrected chi connectivity index (χ4v) is 2.41. The van der Waals surface area contributed by atoms with Gasteiger partial charge in [-0.1, -0.05) is 6.42 Å². The molecule has 0 aromatic carbocycles. The molecule has 0 bridgehead atoms. The number of carbonyl (C=O) groups is 1. The van der Waals surface area contributed by atoms with Gasteiger partial charge in [-0.25, -0.2) is 4.98 Å². The van der Waals surface area contributed by atoms with Crippen molar-refractivity contribution in [1.29, 1.82) is 0 Å². The van der Waals surface area contributed by atoms with Crippen molar-refractivity contribution in [3.05, 3.63) is 23.9 Å². The number of pyridine rings is 1. The standard InChI is InChI=1S/C13H19N3O2/c14-8-9-4-1-2-6-11(9)18-13-10(12(15)17)5-3-7-16-13/h3,5,7,9,11H,1-2,4,6,8,14H2,(H2,15,17). The third-order valence-electron chi connectivity index (χ3n) is 3.44. The lowest BCUT2D eigenvalue weighted by molar-refractivity contribution is 0.0873. The predicted molar refractivity (Wildman–Crippen MR) is 68.2 cm³/mol. The molecule has 2 rings (SSSR count). The van der Waals surface area contributed by atoms with Crippen molar-refractivity contribution in [2.45, 2.75) is 31.8 Å². The summed E-state index contributed by atoms with van der Waals surface area (Å²) in [6.45, 7) is 0.601. The lowest BCUT2D eigenvalue weighted by Gasteiger charge is -2.30. The molecule has 18 heavy (non-hydrogen) atoms. The highest BCUT2D eigenvalue weighted by Crippen LogP contribution is 2.28. The number of ether oxygens (including phenoxy) is 1. The molecule has 1 saturated carbocycles. The van der Waals surface area contributed by atoms with Crippen LogP contribution in [0.25, 0.3) is 0 Å². The number of aromatic nitrogens is 1. The van der Waals surface area contributed by atoms with E-state index in [0.29, 0.717) is 23.9 Å². The fraction of sp³-hybridized carbons (Fsp3) is 0.538. The Morgan fingerprint density at radius 1 is 1.44 bits per heavy atom. The van der Waals surface area contributed by atoms with Crippen molar-refractivity contribution in [3.63, 3.8) is 0 Å². The van der Waals surface area contributed by atoms with Crippen LogP contribution in [-0.2, 0) is 0 Å². The van der Waals surface area contributed by atoms with E-state index in [4.69, 9.17) is 16.2 Å². The molecule has 2 unspecified atom stereocenters. The summed E-state index contributed by atoms with van der Waals surface area (Å²) >= 11 is 0. The summed E-state index contributed by atoms with van der Waals surface area (Å²) in [5, 5.41) is 0. The topological polar surface area (TPSA) is 91.2 Å². The maximum Gasteiger partial charge on any atom is 0.254 e. The van der Waals surface area contributed by atoms with Crippen molar-refractivity contribution >= 4 is 5.91 Å². The quantitative estimate of drug-likeness (QED) is 0.835. The van der Waals surface area contributed by atoms with E-state index in [2.05, 4.69) is 4.98 Å². The van der Waals surface area contributed by atoms with Crippen LogP contribution >= 0.6 is 0 Å². The Bertz CT molecular complexity index is 422. The Hall–Kier alpha value is -1.62. The van der Waals surface area contributed by atoms with Crippen LogP contribution in [0, 0.1) is 5.92 Å². The normalized spacial score (nSPS) is 23.6. The molecule has 98 valence electrons. The zero-order valence-electron chi connectivity index (χ0n) is 10.3. The number of nitrogens with zero attached hydrogens (tertiary/aromatic N) is 1. The highest BCUT2D eigenvalue weighted by Gasteiger charge is 2.27. The lowest BCUT2D eigenvalue weighted by atomic mass is 9.86. The Labute approximate surface area is 107 Å². The molecule has 1 aromatic rings. The molecular formula is C13H19N3O2. The van der Waals surface area contributed by atoms with Gasteiger partial charge in [-0.2, -0.15) is 0 Å². The molecule has 1 aliphatic rings. The lowest BCUT2D eigenvalue weighted by Crippen LogP contribution is -2.36. The molecule has 2 atom stereocenters. The summed E-state index contributed by atoms with van der Waals surface area (Å²) in [5.41, 5.74) is 11.4. The monoisotopic (exact) mass is 249 g/mol. The molecular weight excluding hydrogens is 230 g/mol. The average Bonchev–Trinajstić information content (AvgIpc) is 2.40. The van der Waals surface area contributed by atoms with E-state index < -0.39 is 5.91 Å². The van der Waals surface area contributed by atoms with E-state index in [1.54, 1.807) is 18.3 Å². The molecule has 4 N–H and O–H groups in total. The molecule has 0 spiro atoms. The second-order valence-electron chi connectivity index (χ2n) is 4.66. The summed E-state index contributed by atoms with van der Waals surface area (Å²) < 4.78 is 5.86. The summed E-state index contributed by atoms with van der Waals surface area (Å²) in [4.78, 5) is 15.4. The van der Waals surface area contributed by atoms with E-state index in [-0.39, 0.29) is 6.10 Å². The van der Waals surface area contributed by atoms with Crippen LogP contribution in [0.15, 0.2) is 18.3 Å². The van der Waals surface area contributed by atoms with Crippen LogP contribution < -0.4 is 16.2 Å². The van der Waals surface area contributed by atoms with Crippen molar-refractivity contribution in [3.8, 4) is 5.88 Å². The minimum atomic E-state index is -0.516. The molecule has 1 aromatic heterocycles. The molecule has 1 heterocycles. The summed E-state index contributed by atoms with van der Waals surface area (Å²) in [5.74, 6) is 0.148. The van der Waals surface area contributed by atoms with Crippen LogP contribution in [0.1, 0.15) is 36.0 Å². The minimum absolute atomic E-state index is 0.0387. The first-order valence-electron chi connectivity index (χ1n) is 6.34. The predicted octanol–water partition coefficient (Wildman–Crippen LogP) is 1.08. The number of amides is 1. The SMILES string of the molecule is NCC1CCCCC1Oc1ncccc1C(N)=O. The zero-order chi connectivity index (χ0) is 13.0. The highest BCUT2D eigenvalue weighted by atomic mass is 16.5. The van der Waals surface area contributed by atoms with Crippen LogP contribution in [0.2, 0.25) is 0 Å². The van der Waals surface area contributed by atoms with Gasteiger partial charge in [0, 0.05) is 12.1 Å². The fourth-order valence-electron chi connectivity index (χ4n) is 2.41. The van der Waals surface area contributed by atoms with Gasteiger partial charge in [0.15, 0.2) is 0 Å². The minimum Gasteiger partial charge on any atom is -0.473 e. The summed E-state index contributed by atoms with van der Waals surface area (Å²) in [6.07, 6.45) is 5.97. The third-order valence-corrected chi connectivity index (χ3v) is 3.44. The number of nitrogens with two attached hydrogens (primary N) is 2. The number of rotatable bonds is 4. The van der Waals surface area contributed by atoms with Crippen LogP contribution in [0.3, 0.4) is 0 Å². The highest BCUT2D eigenvalue weighted by molar-refractivity contribution is 5.94. The molecule has 0 aliphatic heterocycles. The van der Waals surface area contributed by atoms with Crippen molar-refractivity contribution in [1.82, 2.24) is 4.98 Å². The van der Waals surface area contributed by atoms with E-state index in [0.717, 1.165) is 19.3 Å². The Morgan fingerprint density at radius 2 is 2.22 bits per heavy atom. The van der Waals surface area contributed by atoms with E-state index >= 15 is 0 Å². The summed E-state index contributed by atoms with van der Waals surface area (Å²) in [6, 6.07) is 3.30. The Morgan fingerprint density at radius 3 is 2.94 bits per heavy atom. The van der Waals surface area contributed by atoms with E-state index in [9.17, 15) is 4.79 Å². The molecule has 1 fully saturated rings. The smallest absolute Gasteiger partial charge is 0.254 e. The second-order valence-corrected chi connectivity index (χ2v) is 4.66. The van der Waals surface area contributed by atoms with Gasteiger partial charge in [-0.3, -0.25) is 4.79 Å². The Kier molecular flexibility index (Phi) is 4.15. The summed E-state index contributed by atoms with van der Waals surface area (Å²) in [7, 11) is 0. The Balaban J connectivity index is 2.15. The average molecular weight is 249 g/mol. The maximum atomic E-state index is 11.3. The third kappa shape index (κ3) is 2.79. The number of primary amides is 1. The van der Waals surface area contributed by atoms with E-state index in [1.807, 2.05) is 0 Å². The van der Waals surface area contributed by atoms with Crippen LogP contribution in [0.5, 0.6) is 5.88 Å². The van der Waals surface area contributed by atoms with Gasteiger partial charge < -0.3 is 16.2 Å². The van der Waals surface area contributed by atoms with Gasteiger partial charge in [0.25, 0.3) is 5.91 Å². The first-order chi connectivity index (χ1) is 8.72. The molecule has 5 heteroatoms. The van der Waals surface area contributed by atoms with Crippen LogP contribution in [0.4, 0.5) is 0 Å². The van der Waals surface area contributed by atoms with Gasteiger partial charge >= 0.3 is 0 Å². The molecule has 0 radical (unpaired) electrons. The molecule has 1 aliphatic carbocycles. The number of hydrogen-bond acceptors (Lipinski definition) is 4. The second kappa shape index (κ2) is 5.82. The van der Waals surface area contributed by atoms with Gasteiger partial charge in [-0.15, -0.1) is 0 Å². The molecule has 5 nitrogen and oxygen atoms in total. The molecule has 0 saturated heterocycles. The van der Waals surface area contributed by atoms with Crippen molar-refractivity contribution in [2.24, 2.45) is 17.4 Å². The maximum absolute atomic E-state index is 11.3. The van der Waals surface area contributed by atoms with Gasteiger partial charge in [0.1, 0.15) is 11.7 Å². The van der Waals surface area contributed by atoms with Gasteiger partial charge in [0.05, 0.1) is 0 Å². The van der Waals surface area contributed by atoms with E-state index in [1.165, 1.54) is 6.42 Å². The van der Waals surface area contributed by atoms with Crippen molar-refractivity contribution in [2.75, 3.05) is 6.54 Å². The number of hydrogen-bond donors (Lipinski definition) is 2. The first kappa shape index (κ1) is 12.8. The molecule has 1 amide bonds. The van der Waals surface area contributed by atoms with Gasteiger partial charge in [0.2, 0.25) is 5.88 Å². The van der Waals surface area contributed by atoms with Gasteiger partial charge in [-0.05, 0) is 37.9 Å². The number of carbonyl (C=O) groups excluding carboxylic acids is 1.